The molecule has 6 nitrogen and oxygen atoms in total. The van der Waals surface area contributed by atoms with E-state index in [1.807, 2.05) is 37.3 Å². The van der Waals surface area contributed by atoms with Crippen LogP contribution in [0.15, 0.2) is 78.9 Å². The molecule has 2 saturated heterocycles. The Balaban J connectivity index is 1.65. The van der Waals surface area contributed by atoms with E-state index in [9.17, 15) is 23.9 Å². The molecule has 34 heavy (non-hydrogen) atoms. The van der Waals surface area contributed by atoms with Gasteiger partial charge in [-0.2, -0.15) is 0 Å². The van der Waals surface area contributed by atoms with Gasteiger partial charge in [0, 0.05) is 12.5 Å². The van der Waals surface area contributed by atoms with Crippen molar-refractivity contribution >= 4 is 23.5 Å². The van der Waals surface area contributed by atoms with Crippen LogP contribution in [0.5, 0.6) is 0 Å². The van der Waals surface area contributed by atoms with Crippen molar-refractivity contribution in [3.05, 3.63) is 101 Å². The fourth-order valence-electron chi connectivity index (χ4n) is 5.26. The summed E-state index contributed by atoms with van der Waals surface area (Å²) in [7, 11) is 0. The molecule has 172 valence electrons. The fourth-order valence-corrected chi connectivity index (χ4v) is 5.26. The number of rotatable bonds is 5. The Kier molecular flexibility index (Phi) is 5.29. The maximum absolute atomic E-state index is 13.7. The number of anilines is 1. The number of imide groups is 1. The monoisotopic (exact) mass is 458 g/mol. The molecule has 2 heterocycles. The summed E-state index contributed by atoms with van der Waals surface area (Å²) < 4.78 is 13.5. The first-order valence-corrected chi connectivity index (χ1v) is 11.1. The highest BCUT2D eigenvalue weighted by molar-refractivity contribution is 6.24. The van der Waals surface area contributed by atoms with E-state index in [2.05, 4.69) is 5.32 Å². The molecule has 2 aliphatic rings. The number of carboxylic acids is 1. The van der Waals surface area contributed by atoms with Gasteiger partial charge in [0.2, 0.25) is 11.8 Å². The second-order valence-corrected chi connectivity index (χ2v) is 8.96. The standard InChI is InChI=1S/C27H23FN2O4/c1-16-7-9-18(10-8-16)23-21-22(25(32)30(24(21)31)20-13-11-19(28)12-14-20)27(29-23,26(33)34)15-17-5-3-2-4-6-17/h2-14,21-23,29H,15H2,1H3,(H,33,34)/t21-,22+,23+,27+/m1/s1. The average molecular weight is 458 g/mol. The Morgan fingerprint density at radius 2 is 1.62 bits per heavy atom. The molecule has 2 N–H and O–H groups in total. The van der Waals surface area contributed by atoms with Crippen molar-refractivity contribution in [1.29, 1.82) is 0 Å². The van der Waals surface area contributed by atoms with Crippen molar-refractivity contribution in [2.24, 2.45) is 11.8 Å². The summed E-state index contributed by atoms with van der Waals surface area (Å²) in [5.41, 5.74) is 1.03. The minimum absolute atomic E-state index is 0.0307. The highest BCUT2D eigenvalue weighted by Crippen LogP contribution is 2.50. The third-order valence-electron chi connectivity index (χ3n) is 6.88. The van der Waals surface area contributed by atoms with Crippen molar-refractivity contribution < 1.29 is 23.9 Å². The molecule has 0 aliphatic carbocycles. The van der Waals surface area contributed by atoms with E-state index < -0.39 is 47.0 Å². The Morgan fingerprint density at radius 1 is 0.971 bits per heavy atom. The first kappa shape index (κ1) is 22.0. The summed E-state index contributed by atoms with van der Waals surface area (Å²) in [5.74, 6) is -4.82. The van der Waals surface area contributed by atoms with E-state index >= 15 is 0 Å². The molecule has 3 aromatic carbocycles. The van der Waals surface area contributed by atoms with Gasteiger partial charge in [0.1, 0.15) is 11.4 Å². The molecule has 2 fully saturated rings. The molecule has 0 saturated carbocycles. The number of nitrogens with one attached hydrogen (secondary N) is 1. The van der Waals surface area contributed by atoms with Crippen LogP contribution in [0.25, 0.3) is 0 Å². The molecule has 7 heteroatoms. The predicted molar refractivity (Wildman–Crippen MR) is 123 cm³/mol. The number of hydrogen-bond donors (Lipinski definition) is 2. The zero-order valence-electron chi connectivity index (χ0n) is 18.4. The Hall–Kier alpha value is -3.84. The molecule has 4 atom stereocenters. The lowest BCUT2D eigenvalue weighted by Crippen LogP contribution is -2.57. The Labute approximate surface area is 196 Å². The van der Waals surface area contributed by atoms with E-state index in [1.165, 1.54) is 24.3 Å². The number of carbonyl (C=O) groups is 3. The second kappa shape index (κ2) is 8.18. The van der Waals surface area contributed by atoms with Crippen molar-refractivity contribution in [3.8, 4) is 0 Å². The molecule has 0 bridgehead atoms. The first-order valence-electron chi connectivity index (χ1n) is 11.1. The predicted octanol–water partition coefficient (Wildman–Crippen LogP) is 3.65. The number of benzene rings is 3. The lowest BCUT2D eigenvalue weighted by atomic mass is 9.76. The van der Waals surface area contributed by atoms with Crippen molar-refractivity contribution in [3.63, 3.8) is 0 Å². The smallest absolute Gasteiger partial charge is 0.325 e. The number of carbonyl (C=O) groups excluding carboxylic acids is 2. The van der Waals surface area contributed by atoms with Crippen molar-refractivity contribution in [2.75, 3.05) is 4.90 Å². The van der Waals surface area contributed by atoms with Crippen molar-refractivity contribution in [1.82, 2.24) is 5.32 Å². The van der Waals surface area contributed by atoms with Crippen LogP contribution in [-0.2, 0) is 20.8 Å². The minimum atomic E-state index is -1.69. The summed E-state index contributed by atoms with van der Waals surface area (Å²) in [4.78, 5) is 41.3. The van der Waals surface area contributed by atoms with E-state index in [0.29, 0.717) is 0 Å². The summed E-state index contributed by atoms with van der Waals surface area (Å²) in [6.45, 7) is 1.94. The Bertz CT molecular complexity index is 1260. The minimum Gasteiger partial charge on any atom is -0.480 e. The summed E-state index contributed by atoms with van der Waals surface area (Å²) in [6, 6.07) is 20.9. The summed E-state index contributed by atoms with van der Waals surface area (Å²) in [6.07, 6.45) is 0.0307. The third-order valence-corrected chi connectivity index (χ3v) is 6.88. The first-order chi connectivity index (χ1) is 16.3. The molecule has 0 unspecified atom stereocenters. The fraction of sp³-hybridized carbons (Fsp3) is 0.222. The molecule has 3 aromatic rings. The largest absolute Gasteiger partial charge is 0.480 e. The second-order valence-electron chi connectivity index (χ2n) is 8.96. The van der Waals surface area contributed by atoms with Gasteiger partial charge < -0.3 is 5.11 Å². The summed E-state index contributed by atoms with van der Waals surface area (Å²) in [5, 5.41) is 13.7. The molecular weight excluding hydrogens is 435 g/mol. The van der Waals surface area contributed by atoms with Crippen LogP contribution in [0.4, 0.5) is 10.1 Å². The van der Waals surface area contributed by atoms with Gasteiger partial charge in [-0.3, -0.25) is 19.7 Å². The average Bonchev–Trinajstić information content (AvgIpc) is 3.30. The van der Waals surface area contributed by atoms with Crippen LogP contribution in [-0.4, -0.2) is 28.4 Å². The van der Waals surface area contributed by atoms with E-state index in [4.69, 9.17) is 0 Å². The lowest BCUT2D eigenvalue weighted by Gasteiger charge is -2.31. The summed E-state index contributed by atoms with van der Waals surface area (Å²) >= 11 is 0. The number of aliphatic carboxylic acids is 1. The number of halogens is 1. The molecule has 0 spiro atoms. The highest BCUT2D eigenvalue weighted by Gasteiger charge is 2.68. The van der Waals surface area contributed by atoms with Gasteiger partial charge in [-0.05, 0) is 42.3 Å². The SMILES string of the molecule is Cc1ccc([C@@H]2N[C@](Cc3ccccc3)(C(=O)O)[C@@H]3C(=O)N(c4ccc(F)cc4)C(=O)[C@H]32)cc1. The van der Waals surface area contributed by atoms with Crippen LogP contribution in [0.2, 0.25) is 0 Å². The maximum atomic E-state index is 13.7. The molecule has 5 rings (SSSR count). The van der Waals surface area contributed by atoms with Gasteiger partial charge in [0.25, 0.3) is 0 Å². The van der Waals surface area contributed by atoms with Crippen LogP contribution in [0.1, 0.15) is 22.7 Å². The van der Waals surface area contributed by atoms with Crippen LogP contribution >= 0.6 is 0 Å². The normalized spacial score (nSPS) is 26.1. The number of aryl methyl sites for hydroxylation is 1. The van der Waals surface area contributed by atoms with E-state index in [-0.39, 0.29) is 12.1 Å². The zero-order valence-corrected chi connectivity index (χ0v) is 18.4. The number of carboxylic acid groups (broad SMARTS) is 1. The van der Waals surface area contributed by atoms with E-state index in [0.717, 1.165) is 21.6 Å². The van der Waals surface area contributed by atoms with Gasteiger partial charge in [-0.15, -0.1) is 0 Å². The van der Waals surface area contributed by atoms with Gasteiger partial charge in [-0.25, -0.2) is 9.29 Å². The maximum Gasteiger partial charge on any atom is 0.325 e. The van der Waals surface area contributed by atoms with Crippen LogP contribution in [0, 0.1) is 24.6 Å². The lowest BCUT2D eigenvalue weighted by molar-refractivity contribution is -0.148. The zero-order chi connectivity index (χ0) is 24.0. The van der Waals surface area contributed by atoms with Crippen LogP contribution in [0.3, 0.4) is 0 Å². The molecule has 2 amide bonds. The topological polar surface area (TPSA) is 86.7 Å². The third kappa shape index (κ3) is 3.40. The number of fused-ring (bicyclic) bond motifs is 1. The number of nitrogens with zero attached hydrogens (tertiary/aromatic N) is 1. The van der Waals surface area contributed by atoms with Gasteiger partial charge in [0.05, 0.1) is 17.5 Å². The molecular formula is C27H23FN2O4. The quantitative estimate of drug-likeness (QED) is 0.570. The number of amides is 2. The van der Waals surface area contributed by atoms with Gasteiger partial charge in [0.15, 0.2) is 0 Å². The number of hydrogen-bond acceptors (Lipinski definition) is 4. The molecule has 0 aromatic heterocycles. The van der Waals surface area contributed by atoms with Crippen molar-refractivity contribution in [2.45, 2.75) is 24.9 Å². The van der Waals surface area contributed by atoms with E-state index in [1.54, 1.807) is 24.3 Å². The Morgan fingerprint density at radius 3 is 2.24 bits per heavy atom. The molecule has 2 aliphatic heterocycles. The van der Waals surface area contributed by atoms with Crippen LogP contribution < -0.4 is 10.2 Å². The van der Waals surface area contributed by atoms with Gasteiger partial charge in [-0.1, -0.05) is 60.2 Å². The van der Waals surface area contributed by atoms with Gasteiger partial charge >= 0.3 is 5.97 Å². The highest BCUT2D eigenvalue weighted by atomic mass is 19.1. The molecule has 0 radical (unpaired) electrons.